The first-order chi connectivity index (χ1) is 11.4. The number of alkyl halides is 3. The second kappa shape index (κ2) is 6.13. The van der Waals surface area contributed by atoms with Gasteiger partial charge in [0.1, 0.15) is 6.07 Å². The zero-order chi connectivity index (χ0) is 17.3. The third-order valence-corrected chi connectivity index (χ3v) is 4.42. The number of halogens is 3. The summed E-state index contributed by atoms with van der Waals surface area (Å²) in [4.78, 5) is 3.49. The van der Waals surface area contributed by atoms with Gasteiger partial charge < -0.3 is 9.71 Å². The van der Waals surface area contributed by atoms with Crippen LogP contribution in [0.5, 0.6) is 0 Å². The maximum atomic E-state index is 12.8. The van der Waals surface area contributed by atoms with Crippen LogP contribution in [0.25, 0.3) is 10.9 Å². The molecule has 0 amide bonds. The molecular formula is C17H12F3N3S. The lowest BCUT2D eigenvalue weighted by Gasteiger charge is -2.10. The standard InChI is InChI=1S/C17H12F3N3S/c1-10-5-6-14(16-15(10)11(8-21)9-22-16)23-24-13-4-2-3-12(7-13)17(18,19)20/h2-7,9,22-23H,1H3. The minimum Gasteiger partial charge on any atom is -0.358 e. The van der Waals surface area contributed by atoms with Gasteiger partial charge in [-0.05, 0) is 48.7 Å². The number of nitrogens with zero attached hydrogens (tertiary/aromatic N) is 1. The molecule has 7 heteroatoms. The molecule has 0 saturated carbocycles. The maximum absolute atomic E-state index is 12.8. The molecule has 2 N–H and O–H groups in total. The third kappa shape index (κ3) is 3.05. The fraction of sp³-hybridized carbons (Fsp3) is 0.118. The topological polar surface area (TPSA) is 51.6 Å². The molecule has 122 valence electrons. The third-order valence-electron chi connectivity index (χ3n) is 3.60. The number of hydrogen-bond acceptors (Lipinski definition) is 3. The molecule has 1 heterocycles. The Hall–Kier alpha value is -2.59. The molecule has 3 aromatic rings. The van der Waals surface area contributed by atoms with Crippen molar-refractivity contribution in [2.24, 2.45) is 0 Å². The molecule has 0 spiro atoms. The van der Waals surface area contributed by atoms with Gasteiger partial charge in [0, 0.05) is 16.5 Å². The summed E-state index contributed by atoms with van der Waals surface area (Å²) in [7, 11) is 0. The average Bonchev–Trinajstić information content (AvgIpc) is 2.99. The summed E-state index contributed by atoms with van der Waals surface area (Å²) in [5.41, 5.74) is 2.27. The molecule has 0 aliphatic carbocycles. The van der Waals surface area contributed by atoms with E-state index < -0.39 is 11.7 Å². The van der Waals surface area contributed by atoms with Gasteiger partial charge in [-0.25, -0.2) is 0 Å². The SMILES string of the molecule is Cc1ccc(NSc2cccc(C(F)(F)F)c2)c2[nH]cc(C#N)c12. The molecule has 0 fully saturated rings. The molecule has 0 atom stereocenters. The molecule has 3 rings (SSSR count). The van der Waals surface area contributed by atoms with Gasteiger partial charge in [-0.1, -0.05) is 12.1 Å². The Morgan fingerprint density at radius 2 is 2.00 bits per heavy atom. The molecule has 0 radical (unpaired) electrons. The van der Waals surface area contributed by atoms with E-state index in [1.54, 1.807) is 12.3 Å². The highest BCUT2D eigenvalue weighted by atomic mass is 32.2. The minimum atomic E-state index is -4.37. The molecule has 0 aliphatic heterocycles. The first-order valence-electron chi connectivity index (χ1n) is 7.01. The molecular weight excluding hydrogens is 335 g/mol. The van der Waals surface area contributed by atoms with E-state index in [-0.39, 0.29) is 0 Å². The summed E-state index contributed by atoms with van der Waals surface area (Å²) >= 11 is 1.09. The molecule has 1 aromatic heterocycles. The highest BCUT2D eigenvalue weighted by molar-refractivity contribution is 8.00. The number of fused-ring (bicyclic) bond motifs is 1. The summed E-state index contributed by atoms with van der Waals surface area (Å²) in [6.07, 6.45) is -2.74. The predicted molar refractivity (Wildman–Crippen MR) is 88.7 cm³/mol. The Balaban J connectivity index is 1.88. The summed E-state index contributed by atoms with van der Waals surface area (Å²) in [6, 6.07) is 10.9. The van der Waals surface area contributed by atoms with Crippen molar-refractivity contribution in [3.05, 3.63) is 59.3 Å². The van der Waals surface area contributed by atoms with Crippen LogP contribution in [0.1, 0.15) is 16.7 Å². The highest BCUT2D eigenvalue weighted by Crippen LogP contribution is 2.34. The van der Waals surface area contributed by atoms with E-state index in [2.05, 4.69) is 15.8 Å². The number of rotatable bonds is 3. The summed E-state index contributed by atoms with van der Waals surface area (Å²) in [6.45, 7) is 1.90. The largest absolute Gasteiger partial charge is 0.416 e. The van der Waals surface area contributed by atoms with Crippen LogP contribution in [0.3, 0.4) is 0 Å². The van der Waals surface area contributed by atoms with Crippen LogP contribution in [-0.2, 0) is 6.18 Å². The second-order valence-corrected chi connectivity index (χ2v) is 6.10. The van der Waals surface area contributed by atoms with Crippen molar-refractivity contribution < 1.29 is 13.2 Å². The lowest BCUT2D eigenvalue weighted by atomic mass is 10.1. The van der Waals surface area contributed by atoms with Crippen molar-refractivity contribution in [3.8, 4) is 6.07 Å². The molecule has 3 nitrogen and oxygen atoms in total. The Bertz CT molecular complexity index is 938. The summed E-state index contributed by atoms with van der Waals surface area (Å²) in [5.74, 6) is 0. The molecule has 0 bridgehead atoms. The van der Waals surface area contributed by atoms with E-state index in [4.69, 9.17) is 5.26 Å². The zero-order valence-electron chi connectivity index (χ0n) is 12.5. The maximum Gasteiger partial charge on any atom is 0.416 e. The minimum absolute atomic E-state index is 0.450. The van der Waals surface area contributed by atoms with Crippen LogP contribution in [0.15, 0.2) is 47.5 Å². The number of nitrogens with one attached hydrogen (secondary N) is 2. The monoisotopic (exact) mass is 347 g/mol. The van der Waals surface area contributed by atoms with Gasteiger partial charge in [-0.15, -0.1) is 0 Å². The normalized spacial score (nSPS) is 11.5. The Morgan fingerprint density at radius 1 is 1.21 bits per heavy atom. The molecule has 2 aromatic carbocycles. The van der Waals surface area contributed by atoms with Gasteiger partial charge >= 0.3 is 6.18 Å². The number of H-pyrrole nitrogens is 1. The predicted octanol–water partition coefficient (Wildman–Crippen LogP) is 5.49. The number of nitriles is 1. The van der Waals surface area contributed by atoms with Crippen molar-refractivity contribution in [2.45, 2.75) is 18.0 Å². The second-order valence-electron chi connectivity index (χ2n) is 5.22. The van der Waals surface area contributed by atoms with Gasteiger partial charge in [0.2, 0.25) is 0 Å². The van der Waals surface area contributed by atoms with Gasteiger partial charge in [-0.2, -0.15) is 18.4 Å². The summed E-state index contributed by atoms with van der Waals surface area (Å²) in [5, 5.41) is 9.96. The number of aryl methyl sites for hydroxylation is 1. The molecule has 24 heavy (non-hydrogen) atoms. The van der Waals surface area contributed by atoms with Gasteiger partial charge in [0.15, 0.2) is 0 Å². The van der Waals surface area contributed by atoms with Crippen LogP contribution in [0, 0.1) is 18.3 Å². The Kier molecular flexibility index (Phi) is 4.16. The van der Waals surface area contributed by atoms with Crippen LogP contribution in [0.2, 0.25) is 0 Å². The lowest BCUT2D eigenvalue weighted by molar-refractivity contribution is -0.137. The smallest absolute Gasteiger partial charge is 0.358 e. The summed E-state index contributed by atoms with van der Waals surface area (Å²) < 4.78 is 41.3. The quantitative estimate of drug-likeness (QED) is 0.616. The van der Waals surface area contributed by atoms with Crippen LogP contribution in [-0.4, -0.2) is 4.98 Å². The van der Waals surface area contributed by atoms with E-state index in [1.807, 2.05) is 19.1 Å². The van der Waals surface area contributed by atoms with E-state index in [0.29, 0.717) is 16.1 Å². The van der Waals surface area contributed by atoms with E-state index in [9.17, 15) is 13.2 Å². The van der Waals surface area contributed by atoms with E-state index >= 15 is 0 Å². The first-order valence-corrected chi connectivity index (χ1v) is 7.82. The van der Waals surface area contributed by atoms with Crippen molar-refractivity contribution in [1.29, 1.82) is 5.26 Å². The average molecular weight is 347 g/mol. The molecule has 0 aliphatic rings. The van der Waals surface area contributed by atoms with Crippen LogP contribution in [0.4, 0.5) is 18.9 Å². The van der Waals surface area contributed by atoms with Crippen LogP contribution >= 0.6 is 11.9 Å². The zero-order valence-corrected chi connectivity index (χ0v) is 13.3. The fourth-order valence-electron chi connectivity index (χ4n) is 2.44. The van der Waals surface area contributed by atoms with Gasteiger partial charge in [0.05, 0.1) is 22.3 Å². The lowest BCUT2D eigenvalue weighted by Crippen LogP contribution is -2.04. The molecule has 0 saturated heterocycles. The Morgan fingerprint density at radius 3 is 2.71 bits per heavy atom. The van der Waals surface area contributed by atoms with E-state index in [0.717, 1.165) is 40.5 Å². The van der Waals surface area contributed by atoms with Crippen LogP contribution < -0.4 is 4.72 Å². The fourth-order valence-corrected chi connectivity index (χ4v) is 3.17. The van der Waals surface area contributed by atoms with E-state index in [1.165, 1.54) is 6.07 Å². The number of hydrogen-bond donors (Lipinski definition) is 2. The first kappa shape index (κ1) is 16.3. The van der Waals surface area contributed by atoms with Gasteiger partial charge in [0.25, 0.3) is 0 Å². The highest BCUT2D eigenvalue weighted by Gasteiger charge is 2.30. The number of anilines is 1. The van der Waals surface area contributed by atoms with Crippen molar-refractivity contribution in [3.63, 3.8) is 0 Å². The number of aromatic nitrogens is 1. The number of aromatic amines is 1. The van der Waals surface area contributed by atoms with Crippen molar-refractivity contribution in [2.75, 3.05) is 4.72 Å². The number of benzene rings is 2. The molecule has 0 unspecified atom stereocenters. The van der Waals surface area contributed by atoms with Crippen molar-refractivity contribution in [1.82, 2.24) is 4.98 Å². The Labute approximate surface area is 140 Å². The van der Waals surface area contributed by atoms with Crippen molar-refractivity contribution >= 4 is 28.5 Å². The van der Waals surface area contributed by atoms with Gasteiger partial charge in [-0.3, -0.25) is 0 Å².